The van der Waals surface area contributed by atoms with Crippen molar-refractivity contribution in [3.63, 3.8) is 0 Å². The van der Waals surface area contributed by atoms with E-state index in [-0.39, 0.29) is 5.56 Å². The van der Waals surface area contributed by atoms with Crippen LogP contribution in [0.3, 0.4) is 0 Å². The van der Waals surface area contributed by atoms with Crippen molar-refractivity contribution in [2.75, 3.05) is 0 Å². The van der Waals surface area contributed by atoms with Crippen LogP contribution in [-0.4, -0.2) is 17.1 Å². The highest BCUT2D eigenvalue weighted by atomic mass is 19.1. The number of hydrogen-bond acceptors (Lipinski definition) is 2. The molecule has 3 nitrogen and oxygen atoms in total. The first-order chi connectivity index (χ1) is 9.66. The lowest BCUT2D eigenvalue weighted by molar-refractivity contribution is 0.0692. The van der Waals surface area contributed by atoms with E-state index in [1.807, 2.05) is 0 Å². The molecule has 0 spiro atoms. The highest BCUT2D eigenvalue weighted by Gasteiger charge is 2.13. The van der Waals surface area contributed by atoms with Crippen molar-refractivity contribution in [3.05, 3.63) is 35.1 Å². The normalized spacial score (nSPS) is 17.4. The lowest BCUT2D eigenvalue weighted by atomic mass is 9.96. The molecule has 0 atom stereocenters. The second-order valence-corrected chi connectivity index (χ2v) is 5.54. The molecular formula is C16H22FNO2. The topological polar surface area (TPSA) is 49.3 Å². The molecule has 0 unspecified atom stereocenters. The summed E-state index contributed by atoms with van der Waals surface area (Å²) in [6.45, 7) is 0.599. The van der Waals surface area contributed by atoms with Crippen molar-refractivity contribution in [1.29, 1.82) is 0 Å². The van der Waals surface area contributed by atoms with Crippen LogP contribution in [0.4, 0.5) is 4.39 Å². The van der Waals surface area contributed by atoms with E-state index in [1.165, 1.54) is 57.1 Å². The van der Waals surface area contributed by atoms with Crippen LogP contribution in [0.2, 0.25) is 0 Å². The van der Waals surface area contributed by atoms with Crippen LogP contribution in [-0.2, 0) is 6.54 Å². The van der Waals surface area contributed by atoms with Gasteiger partial charge >= 0.3 is 5.97 Å². The van der Waals surface area contributed by atoms with Crippen molar-refractivity contribution >= 4 is 5.97 Å². The average Bonchev–Trinajstić information content (AvgIpc) is 2.37. The van der Waals surface area contributed by atoms with Gasteiger partial charge in [-0.05, 0) is 30.5 Å². The van der Waals surface area contributed by atoms with E-state index >= 15 is 0 Å². The molecule has 0 bridgehead atoms. The van der Waals surface area contributed by atoms with Gasteiger partial charge in [0.05, 0.1) is 5.56 Å². The van der Waals surface area contributed by atoms with Crippen LogP contribution in [0.1, 0.15) is 60.9 Å². The van der Waals surface area contributed by atoms with Gasteiger partial charge in [-0.25, -0.2) is 9.18 Å². The average molecular weight is 279 g/mol. The van der Waals surface area contributed by atoms with E-state index in [0.29, 0.717) is 12.6 Å². The fourth-order valence-corrected chi connectivity index (χ4v) is 2.76. The van der Waals surface area contributed by atoms with E-state index < -0.39 is 11.8 Å². The van der Waals surface area contributed by atoms with E-state index in [0.717, 1.165) is 5.56 Å². The standard InChI is InChI=1S/C16H22FNO2/c17-15-10-12(8-9-14(15)16(19)20)11-18-13-6-4-2-1-3-5-7-13/h8-10,13,18H,1-7,11H2,(H,19,20). The lowest BCUT2D eigenvalue weighted by Gasteiger charge is -2.21. The Morgan fingerprint density at radius 1 is 1.20 bits per heavy atom. The summed E-state index contributed by atoms with van der Waals surface area (Å²) in [6.07, 6.45) is 8.81. The lowest BCUT2D eigenvalue weighted by Crippen LogP contribution is -2.29. The first kappa shape index (κ1) is 15.0. The number of carboxylic acids is 1. The Hall–Kier alpha value is -1.42. The number of carbonyl (C=O) groups is 1. The minimum Gasteiger partial charge on any atom is -0.478 e. The molecule has 1 aliphatic rings. The predicted octanol–water partition coefficient (Wildman–Crippen LogP) is 3.73. The minimum absolute atomic E-state index is 0.264. The minimum atomic E-state index is -1.22. The van der Waals surface area contributed by atoms with E-state index in [1.54, 1.807) is 6.07 Å². The Kier molecular flexibility index (Phi) is 5.53. The van der Waals surface area contributed by atoms with Crippen LogP contribution >= 0.6 is 0 Å². The maximum absolute atomic E-state index is 13.6. The number of aromatic carboxylic acids is 1. The van der Waals surface area contributed by atoms with Crippen LogP contribution in [0.25, 0.3) is 0 Å². The molecule has 1 aromatic rings. The summed E-state index contributed by atoms with van der Waals surface area (Å²) < 4.78 is 13.6. The van der Waals surface area contributed by atoms with Crippen molar-refractivity contribution in [1.82, 2.24) is 5.32 Å². The number of hydrogen-bond donors (Lipinski definition) is 2. The zero-order valence-electron chi connectivity index (χ0n) is 11.7. The van der Waals surface area contributed by atoms with Crippen molar-refractivity contribution in [2.24, 2.45) is 0 Å². The summed E-state index contributed by atoms with van der Waals surface area (Å²) in [6, 6.07) is 4.84. The number of benzene rings is 1. The first-order valence-electron chi connectivity index (χ1n) is 7.42. The molecule has 1 aromatic carbocycles. The molecule has 0 aromatic heterocycles. The van der Waals surface area contributed by atoms with Crippen LogP contribution in [0.15, 0.2) is 18.2 Å². The molecule has 2 N–H and O–H groups in total. The number of rotatable bonds is 4. The molecule has 0 radical (unpaired) electrons. The van der Waals surface area contributed by atoms with Gasteiger partial charge in [-0.3, -0.25) is 0 Å². The van der Waals surface area contributed by atoms with Gasteiger partial charge in [0.1, 0.15) is 5.82 Å². The van der Waals surface area contributed by atoms with Gasteiger partial charge < -0.3 is 10.4 Å². The van der Waals surface area contributed by atoms with Gasteiger partial charge in [0.15, 0.2) is 0 Å². The van der Waals surface area contributed by atoms with Gasteiger partial charge in [-0.15, -0.1) is 0 Å². The van der Waals surface area contributed by atoms with E-state index in [9.17, 15) is 9.18 Å². The van der Waals surface area contributed by atoms with Gasteiger partial charge in [-0.1, -0.05) is 38.2 Å². The van der Waals surface area contributed by atoms with Crippen molar-refractivity contribution in [2.45, 2.75) is 57.5 Å². The van der Waals surface area contributed by atoms with E-state index in [4.69, 9.17) is 5.11 Å². The number of halogens is 1. The summed E-state index contributed by atoms with van der Waals surface area (Å²) >= 11 is 0. The van der Waals surface area contributed by atoms with Crippen molar-refractivity contribution in [3.8, 4) is 0 Å². The highest BCUT2D eigenvalue weighted by Crippen LogP contribution is 2.18. The first-order valence-corrected chi connectivity index (χ1v) is 7.42. The largest absolute Gasteiger partial charge is 0.478 e. The Labute approximate surface area is 119 Å². The van der Waals surface area contributed by atoms with Crippen LogP contribution in [0, 0.1) is 5.82 Å². The summed E-state index contributed by atoms with van der Waals surface area (Å²) in [7, 11) is 0. The van der Waals surface area contributed by atoms with Gasteiger partial charge in [0, 0.05) is 12.6 Å². The second-order valence-electron chi connectivity index (χ2n) is 5.54. The molecule has 110 valence electrons. The van der Waals surface area contributed by atoms with E-state index in [2.05, 4.69) is 5.32 Å². The van der Waals surface area contributed by atoms with Crippen LogP contribution in [0.5, 0.6) is 0 Å². The van der Waals surface area contributed by atoms with Crippen LogP contribution < -0.4 is 5.32 Å². The molecule has 4 heteroatoms. The Morgan fingerprint density at radius 3 is 2.45 bits per heavy atom. The number of nitrogens with one attached hydrogen (secondary N) is 1. The molecule has 0 aliphatic heterocycles. The molecule has 20 heavy (non-hydrogen) atoms. The van der Waals surface area contributed by atoms with Crippen molar-refractivity contribution < 1.29 is 14.3 Å². The zero-order valence-corrected chi connectivity index (χ0v) is 11.7. The Morgan fingerprint density at radius 2 is 1.85 bits per heavy atom. The predicted molar refractivity (Wildman–Crippen MR) is 76.3 cm³/mol. The molecule has 1 saturated carbocycles. The molecule has 0 heterocycles. The fraction of sp³-hybridized carbons (Fsp3) is 0.562. The summed E-state index contributed by atoms with van der Waals surface area (Å²) in [4.78, 5) is 10.8. The molecule has 0 amide bonds. The third-order valence-corrected chi connectivity index (χ3v) is 3.96. The fourth-order valence-electron chi connectivity index (χ4n) is 2.76. The molecule has 1 fully saturated rings. The quantitative estimate of drug-likeness (QED) is 0.883. The highest BCUT2D eigenvalue weighted by molar-refractivity contribution is 5.87. The summed E-state index contributed by atoms with van der Waals surface area (Å²) in [5.74, 6) is -1.88. The molecule has 2 rings (SSSR count). The van der Waals surface area contributed by atoms with Gasteiger partial charge in [0.25, 0.3) is 0 Å². The third-order valence-electron chi connectivity index (χ3n) is 3.96. The SMILES string of the molecule is O=C(O)c1ccc(CNC2CCCCCCC2)cc1F. The second kappa shape index (κ2) is 7.39. The maximum atomic E-state index is 13.6. The number of carboxylic acid groups (broad SMARTS) is 1. The molecule has 1 aliphatic carbocycles. The monoisotopic (exact) mass is 279 g/mol. The van der Waals surface area contributed by atoms with Gasteiger partial charge in [-0.2, -0.15) is 0 Å². The molecule has 0 saturated heterocycles. The third kappa shape index (κ3) is 4.30. The maximum Gasteiger partial charge on any atom is 0.338 e. The summed E-state index contributed by atoms with van der Waals surface area (Å²) in [5, 5.41) is 12.3. The Balaban J connectivity index is 1.89. The Bertz CT molecular complexity index is 454. The summed E-state index contributed by atoms with van der Waals surface area (Å²) in [5.41, 5.74) is 0.536. The van der Waals surface area contributed by atoms with Gasteiger partial charge in [0.2, 0.25) is 0 Å². The smallest absolute Gasteiger partial charge is 0.338 e. The molecular weight excluding hydrogens is 257 g/mol. The zero-order chi connectivity index (χ0) is 14.4.